The van der Waals surface area contributed by atoms with Crippen LogP contribution in [0.15, 0.2) is 41.8 Å². The minimum absolute atomic E-state index is 0.0682. The van der Waals surface area contributed by atoms with E-state index in [0.717, 1.165) is 37.5 Å². The predicted octanol–water partition coefficient (Wildman–Crippen LogP) is 3.45. The fourth-order valence-corrected chi connectivity index (χ4v) is 4.48. The minimum atomic E-state index is -0.0682. The van der Waals surface area contributed by atoms with Gasteiger partial charge in [0.15, 0.2) is 5.82 Å². The molecule has 1 amide bonds. The number of amides is 1. The standard InChI is InChI=1S/C18H14N6OS/c1-10-8-13(25)24(21-10)17-16-15(19-9-20-17)14-11(2)22-23(18(14)26-16)12-6-4-3-5-7-12/h3-7,9H,8H2,1-2H3. The molecule has 4 heterocycles. The van der Waals surface area contributed by atoms with Crippen molar-refractivity contribution in [3.63, 3.8) is 0 Å². The van der Waals surface area contributed by atoms with Gasteiger partial charge in [-0.25, -0.2) is 14.6 Å². The molecule has 0 N–H and O–H groups in total. The van der Waals surface area contributed by atoms with E-state index in [9.17, 15) is 4.79 Å². The fourth-order valence-electron chi connectivity index (χ4n) is 3.22. The van der Waals surface area contributed by atoms with Crippen molar-refractivity contribution in [3.8, 4) is 5.69 Å². The SMILES string of the molecule is CC1=NN(c2ncnc3c2sc2c3c(C)nn2-c2ccccc2)C(=O)C1. The summed E-state index contributed by atoms with van der Waals surface area (Å²) in [5.41, 5.74) is 3.47. The minimum Gasteiger partial charge on any atom is -0.272 e. The zero-order valence-corrected chi connectivity index (χ0v) is 15.0. The molecule has 7 nitrogen and oxygen atoms in total. The van der Waals surface area contributed by atoms with Crippen LogP contribution in [0, 0.1) is 6.92 Å². The Kier molecular flexibility index (Phi) is 3.17. The maximum absolute atomic E-state index is 12.3. The molecule has 0 atom stereocenters. The van der Waals surface area contributed by atoms with Crippen LogP contribution >= 0.6 is 11.3 Å². The fraction of sp³-hybridized carbons (Fsp3) is 0.167. The maximum Gasteiger partial charge on any atom is 0.254 e. The zero-order chi connectivity index (χ0) is 17.8. The van der Waals surface area contributed by atoms with Crippen molar-refractivity contribution in [2.45, 2.75) is 20.3 Å². The van der Waals surface area contributed by atoms with Crippen LogP contribution in [-0.2, 0) is 4.79 Å². The molecule has 0 spiro atoms. The Morgan fingerprint density at radius 1 is 1.12 bits per heavy atom. The van der Waals surface area contributed by atoms with Crippen molar-refractivity contribution < 1.29 is 4.79 Å². The van der Waals surface area contributed by atoms with Gasteiger partial charge < -0.3 is 0 Å². The summed E-state index contributed by atoms with van der Waals surface area (Å²) in [7, 11) is 0. The Morgan fingerprint density at radius 2 is 1.92 bits per heavy atom. The molecule has 3 aromatic heterocycles. The quantitative estimate of drug-likeness (QED) is 0.547. The van der Waals surface area contributed by atoms with Gasteiger partial charge in [-0.15, -0.1) is 11.3 Å². The molecule has 128 valence electrons. The summed E-state index contributed by atoms with van der Waals surface area (Å²) in [6, 6.07) is 9.97. The summed E-state index contributed by atoms with van der Waals surface area (Å²) < 4.78 is 2.76. The third kappa shape index (κ3) is 2.08. The number of rotatable bonds is 2. The number of aromatic nitrogens is 4. The Labute approximate surface area is 152 Å². The molecule has 0 fully saturated rings. The molecule has 1 aromatic carbocycles. The molecule has 0 bridgehead atoms. The number of aryl methyl sites for hydroxylation is 1. The van der Waals surface area contributed by atoms with Crippen molar-refractivity contribution >= 4 is 49.2 Å². The lowest BCUT2D eigenvalue weighted by molar-refractivity contribution is -0.116. The Hall–Kier alpha value is -3.13. The molecule has 8 heteroatoms. The van der Waals surface area contributed by atoms with Gasteiger partial charge in [0.25, 0.3) is 5.91 Å². The number of hydrogen-bond donors (Lipinski definition) is 0. The van der Waals surface area contributed by atoms with Crippen LogP contribution in [0.2, 0.25) is 0 Å². The van der Waals surface area contributed by atoms with E-state index in [-0.39, 0.29) is 5.91 Å². The Morgan fingerprint density at radius 3 is 2.65 bits per heavy atom. The normalized spacial score (nSPS) is 14.6. The van der Waals surface area contributed by atoms with Crippen LogP contribution in [0.25, 0.3) is 26.1 Å². The van der Waals surface area contributed by atoms with Crippen molar-refractivity contribution in [3.05, 3.63) is 42.4 Å². The second-order valence-electron chi connectivity index (χ2n) is 6.21. The molecular formula is C18H14N6OS. The molecule has 1 aliphatic heterocycles. The first-order valence-corrected chi connectivity index (χ1v) is 9.00. The van der Waals surface area contributed by atoms with Crippen LogP contribution in [0.1, 0.15) is 19.0 Å². The number of hydrazone groups is 1. The smallest absolute Gasteiger partial charge is 0.254 e. The van der Waals surface area contributed by atoms with Crippen LogP contribution in [0.4, 0.5) is 5.82 Å². The number of fused-ring (bicyclic) bond motifs is 3. The maximum atomic E-state index is 12.3. The van der Waals surface area contributed by atoms with Gasteiger partial charge in [-0.1, -0.05) is 18.2 Å². The van der Waals surface area contributed by atoms with Crippen LogP contribution in [-0.4, -0.2) is 31.4 Å². The van der Waals surface area contributed by atoms with Crippen LogP contribution in [0.5, 0.6) is 0 Å². The molecule has 26 heavy (non-hydrogen) atoms. The highest BCUT2D eigenvalue weighted by Gasteiger charge is 2.28. The summed E-state index contributed by atoms with van der Waals surface area (Å²) in [5.74, 6) is 0.471. The average Bonchev–Trinajstić information content (AvgIpc) is 3.28. The Bertz CT molecular complexity index is 1210. The van der Waals surface area contributed by atoms with Crippen LogP contribution < -0.4 is 5.01 Å². The van der Waals surface area contributed by atoms with Crippen LogP contribution in [0.3, 0.4) is 0 Å². The molecule has 4 aromatic rings. The predicted molar refractivity (Wildman–Crippen MR) is 102 cm³/mol. The van der Waals surface area contributed by atoms with E-state index >= 15 is 0 Å². The van der Waals surface area contributed by atoms with Crippen molar-refractivity contribution in [1.82, 2.24) is 19.7 Å². The molecule has 0 aliphatic carbocycles. The van der Waals surface area contributed by atoms with E-state index in [1.165, 1.54) is 22.7 Å². The van der Waals surface area contributed by atoms with Gasteiger partial charge in [0, 0.05) is 5.71 Å². The van der Waals surface area contributed by atoms with E-state index in [1.807, 2.05) is 48.9 Å². The Balaban J connectivity index is 1.80. The van der Waals surface area contributed by atoms with Gasteiger partial charge in [-0.05, 0) is 26.0 Å². The van der Waals surface area contributed by atoms with Gasteiger partial charge in [-0.2, -0.15) is 15.2 Å². The van der Waals surface area contributed by atoms with Gasteiger partial charge >= 0.3 is 0 Å². The molecule has 1 aliphatic rings. The van der Waals surface area contributed by atoms with Gasteiger partial charge in [0.1, 0.15) is 15.9 Å². The number of para-hydroxylation sites is 1. The molecular weight excluding hydrogens is 348 g/mol. The molecule has 0 saturated heterocycles. The summed E-state index contributed by atoms with van der Waals surface area (Å²) in [5, 5.41) is 11.4. The van der Waals surface area contributed by atoms with Gasteiger partial charge in [-0.3, -0.25) is 4.79 Å². The van der Waals surface area contributed by atoms with Crippen molar-refractivity contribution in [2.24, 2.45) is 5.10 Å². The highest BCUT2D eigenvalue weighted by Crippen LogP contribution is 2.40. The largest absolute Gasteiger partial charge is 0.272 e. The summed E-state index contributed by atoms with van der Waals surface area (Å²) in [6.45, 7) is 3.82. The second kappa shape index (κ2) is 5.43. The first kappa shape index (κ1) is 15.2. The van der Waals surface area contributed by atoms with Gasteiger partial charge in [0.05, 0.1) is 28.7 Å². The topological polar surface area (TPSA) is 76.3 Å². The van der Waals surface area contributed by atoms with E-state index < -0.39 is 0 Å². The third-order valence-corrected chi connectivity index (χ3v) is 5.50. The number of carbonyl (C=O) groups is 1. The molecule has 5 rings (SSSR count). The molecule has 0 unspecified atom stereocenters. The first-order valence-electron chi connectivity index (χ1n) is 8.19. The molecule has 0 saturated carbocycles. The average molecular weight is 362 g/mol. The van der Waals surface area contributed by atoms with E-state index in [1.54, 1.807) is 0 Å². The molecule has 0 radical (unpaired) electrons. The number of nitrogens with zero attached hydrogens (tertiary/aromatic N) is 6. The third-order valence-electron chi connectivity index (χ3n) is 4.35. The highest BCUT2D eigenvalue weighted by molar-refractivity contribution is 7.26. The number of hydrogen-bond acceptors (Lipinski definition) is 6. The number of benzene rings is 1. The number of carbonyl (C=O) groups excluding carboxylic acids is 1. The van der Waals surface area contributed by atoms with Crippen molar-refractivity contribution in [1.29, 1.82) is 0 Å². The summed E-state index contributed by atoms with van der Waals surface area (Å²) in [6.07, 6.45) is 1.81. The monoisotopic (exact) mass is 362 g/mol. The van der Waals surface area contributed by atoms with Gasteiger partial charge in [0.2, 0.25) is 0 Å². The summed E-state index contributed by atoms with van der Waals surface area (Å²) >= 11 is 1.53. The van der Waals surface area contributed by atoms with E-state index in [0.29, 0.717) is 12.2 Å². The lowest BCUT2D eigenvalue weighted by Gasteiger charge is -2.10. The van der Waals surface area contributed by atoms with Crippen molar-refractivity contribution in [2.75, 3.05) is 5.01 Å². The first-order chi connectivity index (χ1) is 12.6. The lowest BCUT2D eigenvalue weighted by Crippen LogP contribution is -2.20. The van der Waals surface area contributed by atoms with E-state index in [2.05, 4.69) is 20.2 Å². The highest BCUT2D eigenvalue weighted by atomic mass is 32.1. The zero-order valence-electron chi connectivity index (χ0n) is 14.2. The summed E-state index contributed by atoms with van der Waals surface area (Å²) in [4.78, 5) is 22.1. The lowest BCUT2D eigenvalue weighted by atomic mass is 10.2. The second-order valence-corrected chi connectivity index (χ2v) is 7.21. The number of thiophene rings is 1. The van der Waals surface area contributed by atoms with E-state index in [4.69, 9.17) is 0 Å². The number of anilines is 1.